The maximum absolute atomic E-state index is 12.9. The maximum atomic E-state index is 12.9. The first-order chi connectivity index (χ1) is 13.5. The molecule has 0 amide bonds. The van der Waals surface area contributed by atoms with Gasteiger partial charge in [-0.2, -0.15) is 10.2 Å². The number of allylic oxidation sites excluding steroid dienone is 3. The number of dihydropyridines is 1. The van der Waals surface area contributed by atoms with Gasteiger partial charge < -0.3 is 14.6 Å². The molecule has 1 aromatic heterocycles. The van der Waals surface area contributed by atoms with Crippen molar-refractivity contribution in [3.05, 3.63) is 64.1 Å². The highest BCUT2D eigenvalue weighted by atomic mass is 16.5. The minimum absolute atomic E-state index is 0.332. The highest BCUT2D eigenvalue weighted by Crippen LogP contribution is 2.43. The molecule has 0 radical (unpaired) electrons. The van der Waals surface area contributed by atoms with E-state index < -0.39 is 11.9 Å². The molecule has 1 aromatic carbocycles. The Hall–Kier alpha value is -3.40. The van der Waals surface area contributed by atoms with Crippen molar-refractivity contribution in [1.82, 2.24) is 15.5 Å². The molecule has 0 saturated heterocycles. The van der Waals surface area contributed by atoms with E-state index in [0.717, 1.165) is 17.7 Å². The van der Waals surface area contributed by atoms with Crippen LogP contribution in [0, 0.1) is 18.3 Å². The molecule has 28 heavy (non-hydrogen) atoms. The van der Waals surface area contributed by atoms with Crippen LogP contribution in [0.2, 0.25) is 0 Å². The van der Waals surface area contributed by atoms with E-state index in [9.17, 15) is 10.1 Å². The number of carbonyl (C=O) groups excluding carboxylic acids is 1. The number of hydrogen-bond acceptors (Lipinski definition) is 7. The lowest BCUT2D eigenvalue weighted by molar-refractivity contribution is -0.139. The molecule has 7 heteroatoms. The number of aryl methyl sites for hydroxylation is 1. The first-order valence-corrected chi connectivity index (χ1v) is 9.12. The molecule has 0 aliphatic carbocycles. The normalized spacial score (nSPS) is 16.6. The number of nitrogens with zero attached hydrogens (tertiary/aromatic N) is 3. The summed E-state index contributed by atoms with van der Waals surface area (Å²) in [5.41, 5.74) is 3.97. The minimum Gasteiger partial charge on any atom is -0.462 e. The second-order valence-electron chi connectivity index (χ2n) is 6.66. The van der Waals surface area contributed by atoms with E-state index in [0.29, 0.717) is 40.7 Å². The number of esters is 1. The van der Waals surface area contributed by atoms with Crippen LogP contribution in [0.15, 0.2) is 45.8 Å². The van der Waals surface area contributed by atoms with Gasteiger partial charge in [-0.25, -0.2) is 4.79 Å². The Balaban J connectivity index is 2.19. The molecule has 1 aliphatic rings. The molecule has 0 spiro atoms. The third-order valence-electron chi connectivity index (χ3n) is 4.52. The monoisotopic (exact) mass is 378 g/mol. The van der Waals surface area contributed by atoms with Crippen molar-refractivity contribution in [2.24, 2.45) is 0 Å². The van der Waals surface area contributed by atoms with Crippen LogP contribution in [-0.4, -0.2) is 22.7 Å². The fourth-order valence-electron chi connectivity index (χ4n) is 3.35. The topological polar surface area (TPSA) is 101 Å². The van der Waals surface area contributed by atoms with Crippen molar-refractivity contribution in [3.63, 3.8) is 0 Å². The van der Waals surface area contributed by atoms with Crippen molar-refractivity contribution in [1.29, 1.82) is 5.26 Å². The fraction of sp³-hybridized carbons (Fsp3) is 0.333. The number of carbonyl (C=O) groups is 1. The van der Waals surface area contributed by atoms with Gasteiger partial charge in [0, 0.05) is 17.0 Å². The zero-order chi connectivity index (χ0) is 20.3. The molecule has 1 aliphatic heterocycles. The van der Waals surface area contributed by atoms with Crippen LogP contribution in [0.1, 0.15) is 56.0 Å². The van der Waals surface area contributed by atoms with Crippen LogP contribution in [-0.2, 0) is 9.53 Å². The zero-order valence-corrected chi connectivity index (χ0v) is 16.4. The number of ether oxygens (including phenoxy) is 1. The largest absolute Gasteiger partial charge is 0.462 e. The number of rotatable bonds is 5. The minimum atomic E-state index is -0.487. The summed E-state index contributed by atoms with van der Waals surface area (Å²) in [6.07, 6.45) is 0.727. The smallest absolute Gasteiger partial charge is 0.336 e. The quantitative estimate of drug-likeness (QED) is 0.793. The third kappa shape index (κ3) is 3.67. The van der Waals surface area contributed by atoms with Gasteiger partial charge in [0.25, 0.3) is 5.89 Å². The van der Waals surface area contributed by atoms with Gasteiger partial charge in [-0.15, -0.1) is 0 Å². The van der Waals surface area contributed by atoms with Gasteiger partial charge in [-0.05, 0) is 44.9 Å². The van der Waals surface area contributed by atoms with Crippen LogP contribution in [0.3, 0.4) is 0 Å². The molecule has 1 N–H and O–H groups in total. The predicted molar refractivity (Wildman–Crippen MR) is 103 cm³/mol. The summed E-state index contributed by atoms with van der Waals surface area (Å²) in [5, 5.41) is 16.5. The van der Waals surface area contributed by atoms with Gasteiger partial charge in [0.05, 0.1) is 29.7 Å². The number of nitriles is 1. The molecule has 0 saturated carbocycles. The van der Waals surface area contributed by atoms with E-state index in [4.69, 9.17) is 9.26 Å². The Morgan fingerprint density at radius 2 is 2.11 bits per heavy atom. The number of nitrogens with one attached hydrogen (secondary N) is 1. The van der Waals surface area contributed by atoms with Gasteiger partial charge in [0.1, 0.15) is 0 Å². The van der Waals surface area contributed by atoms with Gasteiger partial charge >= 0.3 is 5.97 Å². The molecule has 1 unspecified atom stereocenters. The van der Waals surface area contributed by atoms with Crippen molar-refractivity contribution in [2.75, 3.05) is 6.61 Å². The molecule has 7 nitrogen and oxygen atoms in total. The second-order valence-corrected chi connectivity index (χ2v) is 6.66. The maximum Gasteiger partial charge on any atom is 0.336 e. The summed E-state index contributed by atoms with van der Waals surface area (Å²) in [6, 6.07) is 9.33. The van der Waals surface area contributed by atoms with Crippen LogP contribution in [0.25, 0.3) is 5.57 Å². The molecule has 0 bridgehead atoms. The number of benzene rings is 1. The molecule has 1 atom stereocenters. The average molecular weight is 378 g/mol. The van der Waals surface area contributed by atoms with Gasteiger partial charge in [-0.3, -0.25) is 0 Å². The van der Waals surface area contributed by atoms with Crippen molar-refractivity contribution in [2.45, 2.75) is 40.0 Å². The molecular formula is C21H22N4O3. The first kappa shape index (κ1) is 19.4. The van der Waals surface area contributed by atoms with E-state index in [-0.39, 0.29) is 0 Å². The lowest BCUT2D eigenvalue weighted by Crippen LogP contribution is -2.29. The predicted octanol–water partition coefficient (Wildman–Crippen LogP) is 3.59. The lowest BCUT2D eigenvalue weighted by Gasteiger charge is -2.30. The molecular weight excluding hydrogens is 356 g/mol. The van der Waals surface area contributed by atoms with Crippen LogP contribution >= 0.6 is 0 Å². The van der Waals surface area contributed by atoms with E-state index in [1.807, 2.05) is 26.8 Å². The van der Waals surface area contributed by atoms with E-state index in [1.165, 1.54) is 0 Å². The number of aromatic nitrogens is 2. The molecule has 2 heterocycles. The SMILES string of the molecule is CCCOC(=O)C1=C(C)NC(C)=C(c2nc(C)no2)C1c1cccc(C#N)c1. The summed E-state index contributed by atoms with van der Waals surface area (Å²) in [4.78, 5) is 17.3. The number of hydrogen-bond donors (Lipinski definition) is 1. The first-order valence-electron chi connectivity index (χ1n) is 9.12. The molecule has 0 fully saturated rings. The van der Waals surface area contributed by atoms with Crippen molar-refractivity contribution < 1.29 is 14.1 Å². The summed E-state index contributed by atoms with van der Waals surface area (Å²) in [6.45, 7) is 7.75. The lowest BCUT2D eigenvalue weighted by atomic mass is 9.80. The van der Waals surface area contributed by atoms with Crippen LogP contribution < -0.4 is 5.32 Å². The Bertz CT molecular complexity index is 1010. The average Bonchev–Trinajstić information content (AvgIpc) is 3.11. The standard InChI is InChI=1S/C21H22N4O3/c1-5-9-27-21(26)18-13(3)23-12(2)17(20-24-14(4)25-28-20)19(18)16-8-6-7-15(10-16)11-22/h6-8,10,19,23H,5,9H2,1-4H3. The van der Waals surface area contributed by atoms with Gasteiger partial charge in [-0.1, -0.05) is 24.2 Å². The van der Waals surface area contributed by atoms with Crippen LogP contribution in [0.5, 0.6) is 0 Å². The highest BCUT2D eigenvalue weighted by Gasteiger charge is 2.37. The Morgan fingerprint density at radius 3 is 2.75 bits per heavy atom. The third-order valence-corrected chi connectivity index (χ3v) is 4.52. The van der Waals surface area contributed by atoms with Crippen molar-refractivity contribution >= 4 is 11.5 Å². The van der Waals surface area contributed by atoms with E-state index >= 15 is 0 Å². The second kappa shape index (κ2) is 8.09. The summed E-state index contributed by atoms with van der Waals surface area (Å²) in [7, 11) is 0. The summed E-state index contributed by atoms with van der Waals surface area (Å²) in [5.74, 6) is -0.0523. The molecule has 3 rings (SSSR count). The Kier molecular flexibility index (Phi) is 5.59. The van der Waals surface area contributed by atoms with Crippen molar-refractivity contribution in [3.8, 4) is 6.07 Å². The van der Waals surface area contributed by atoms with E-state index in [1.54, 1.807) is 25.1 Å². The molecule has 2 aromatic rings. The zero-order valence-electron chi connectivity index (χ0n) is 16.4. The highest BCUT2D eigenvalue weighted by molar-refractivity contribution is 5.96. The van der Waals surface area contributed by atoms with Crippen LogP contribution in [0.4, 0.5) is 0 Å². The Morgan fingerprint density at radius 1 is 1.32 bits per heavy atom. The summed E-state index contributed by atoms with van der Waals surface area (Å²) >= 11 is 0. The van der Waals surface area contributed by atoms with E-state index in [2.05, 4.69) is 21.5 Å². The van der Waals surface area contributed by atoms with Gasteiger partial charge in [0.2, 0.25) is 0 Å². The van der Waals surface area contributed by atoms with Gasteiger partial charge in [0.15, 0.2) is 5.82 Å². The Labute approximate surface area is 163 Å². The molecule has 144 valence electrons. The summed E-state index contributed by atoms with van der Waals surface area (Å²) < 4.78 is 10.9. The fourth-order valence-corrected chi connectivity index (χ4v) is 3.35.